The van der Waals surface area contributed by atoms with Crippen LogP contribution in [0.5, 0.6) is 11.5 Å². The Bertz CT molecular complexity index is 1290. The number of ether oxygens (including phenoxy) is 2. The molecule has 4 aromatic rings. The van der Waals surface area contributed by atoms with Crippen molar-refractivity contribution in [3.63, 3.8) is 0 Å². The molecular weight excluding hydrogens is 424 g/mol. The lowest BCUT2D eigenvalue weighted by molar-refractivity contribution is 0.0962. The molecule has 32 heavy (non-hydrogen) atoms. The van der Waals surface area contributed by atoms with E-state index in [4.69, 9.17) is 14.5 Å². The number of carbonyl (C=O) groups excluding carboxylic acids is 1. The quantitative estimate of drug-likeness (QED) is 0.408. The summed E-state index contributed by atoms with van der Waals surface area (Å²) in [5, 5.41) is 5.16. The molecule has 2 aromatic heterocycles. The van der Waals surface area contributed by atoms with E-state index < -0.39 is 0 Å². The Kier molecular flexibility index (Phi) is 5.53. The zero-order chi connectivity index (χ0) is 22.1. The number of rotatable bonds is 6. The van der Waals surface area contributed by atoms with Crippen molar-refractivity contribution in [2.24, 2.45) is 0 Å². The average Bonchev–Trinajstić information content (AvgIpc) is 3.23. The van der Waals surface area contributed by atoms with E-state index in [-0.39, 0.29) is 11.7 Å². The van der Waals surface area contributed by atoms with Gasteiger partial charge in [-0.15, -0.1) is 5.10 Å². The fraction of sp³-hybridized carbons (Fsp3) is 0.250. The lowest BCUT2D eigenvalue weighted by atomic mass is 9.82. The van der Waals surface area contributed by atoms with Crippen LogP contribution in [0, 0.1) is 0 Å². The predicted molar refractivity (Wildman–Crippen MR) is 122 cm³/mol. The Hall–Kier alpha value is -3.39. The van der Waals surface area contributed by atoms with Crippen molar-refractivity contribution >= 4 is 23.3 Å². The van der Waals surface area contributed by atoms with Crippen LogP contribution in [0.25, 0.3) is 5.78 Å². The van der Waals surface area contributed by atoms with Gasteiger partial charge in [-0.25, -0.2) is 9.50 Å². The molecule has 0 N–H and O–H groups in total. The van der Waals surface area contributed by atoms with Crippen molar-refractivity contribution in [1.82, 2.24) is 19.6 Å². The summed E-state index contributed by atoms with van der Waals surface area (Å²) in [5.74, 6) is 2.76. The second-order valence-corrected chi connectivity index (χ2v) is 8.59. The van der Waals surface area contributed by atoms with Crippen LogP contribution in [-0.4, -0.2) is 39.6 Å². The van der Waals surface area contributed by atoms with Crippen LogP contribution >= 0.6 is 11.8 Å². The molecule has 1 aliphatic carbocycles. The molecular formula is C24H22N4O3S. The smallest absolute Gasteiger partial charge is 0.253 e. The molecule has 2 heterocycles. The third kappa shape index (κ3) is 3.93. The second kappa shape index (κ2) is 8.63. The summed E-state index contributed by atoms with van der Waals surface area (Å²) < 4.78 is 12.5. The van der Waals surface area contributed by atoms with Crippen LogP contribution in [0.15, 0.2) is 59.9 Å². The highest BCUT2D eigenvalue weighted by Crippen LogP contribution is 2.38. The van der Waals surface area contributed by atoms with Crippen molar-refractivity contribution < 1.29 is 14.3 Å². The summed E-state index contributed by atoms with van der Waals surface area (Å²) in [6.07, 6.45) is 2.80. The number of thioether (sulfide) groups is 1. The minimum atomic E-state index is -0.0133. The zero-order valence-corrected chi connectivity index (χ0v) is 18.6. The lowest BCUT2D eigenvalue weighted by Crippen LogP contribution is -2.21. The molecule has 0 spiro atoms. The maximum absolute atomic E-state index is 13.0. The molecule has 8 heteroatoms. The summed E-state index contributed by atoms with van der Waals surface area (Å²) >= 11 is 1.55. The molecule has 0 fully saturated rings. The number of hydrogen-bond donors (Lipinski definition) is 0. The maximum atomic E-state index is 13.0. The van der Waals surface area contributed by atoms with Gasteiger partial charge in [-0.2, -0.15) is 4.98 Å². The zero-order valence-electron chi connectivity index (χ0n) is 17.8. The lowest BCUT2D eigenvalue weighted by Gasteiger charge is -2.24. The van der Waals surface area contributed by atoms with Crippen molar-refractivity contribution in [3.05, 3.63) is 77.1 Å². The van der Waals surface area contributed by atoms with Gasteiger partial charge in [0.2, 0.25) is 5.16 Å². The van der Waals surface area contributed by atoms with Crippen LogP contribution < -0.4 is 9.47 Å². The van der Waals surface area contributed by atoms with Gasteiger partial charge in [-0.1, -0.05) is 48.2 Å². The highest BCUT2D eigenvalue weighted by atomic mass is 32.2. The average molecular weight is 447 g/mol. The topological polar surface area (TPSA) is 78.6 Å². The third-order valence-corrected chi connectivity index (χ3v) is 6.56. The molecule has 0 radical (unpaired) electrons. The van der Waals surface area contributed by atoms with Crippen LogP contribution in [-0.2, 0) is 12.2 Å². The number of Topliss-reactive ketones (excluding diaryl/α,β-unsaturated/α-hetero) is 1. The van der Waals surface area contributed by atoms with E-state index in [1.165, 1.54) is 5.56 Å². The summed E-state index contributed by atoms with van der Waals surface area (Å²) in [7, 11) is 3.25. The number of fused-ring (bicyclic) bond motifs is 2. The van der Waals surface area contributed by atoms with E-state index in [0.717, 1.165) is 22.8 Å². The number of methoxy groups -OCH3 is 2. The van der Waals surface area contributed by atoms with Gasteiger partial charge in [-0.3, -0.25) is 4.79 Å². The van der Waals surface area contributed by atoms with Crippen LogP contribution in [0.4, 0.5) is 0 Å². The van der Waals surface area contributed by atoms with Crippen LogP contribution in [0.2, 0.25) is 0 Å². The van der Waals surface area contributed by atoms with Crippen LogP contribution in [0.1, 0.15) is 39.5 Å². The monoisotopic (exact) mass is 446 g/mol. The van der Waals surface area contributed by atoms with Gasteiger partial charge in [0.25, 0.3) is 5.78 Å². The minimum Gasteiger partial charge on any atom is -0.497 e. The minimum absolute atomic E-state index is 0.0133. The molecule has 162 valence electrons. The van der Waals surface area contributed by atoms with E-state index >= 15 is 0 Å². The number of benzene rings is 2. The normalized spacial score (nSPS) is 15.6. The molecule has 0 aliphatic heterocycles. The fourth-order valence-corrected chi connectivity index (χ4v) is 4.80. The summed E-state index contributed by atoms with van der Waals surface area (Å²) in [6.45, 7) is 0. The predicted octanol–water partition coefficient (Wildman–Crippen LogP) is 4.35. The van der Waals surface area contributed by atoms with E-state index in [9.17, 15) is 4.79 Å². The first kappa shape index (κ1) is 20.5. The van der Waals surface area contributed by atoms with Crippen molar-refractivity contribution in [3.8, 4) is 11.5 Å². The molecule has 0 amide bonds. The molecule has 0 saturated heterocycles. The molecule has 1 aliphatic rings. The first-order valence-corrected chi connectivity index (χ1v) is 11.3. The Morgan fingerprint density at radius 1 is 1.06 bits per heavy atom. The Morgan fingerprint density at radius 3 is 2.69 bits per heavy atom. The van der Waals surface area contributed by atoms with Crippen LogP contribution in [0.3, 0.4) is 0 Å². The van der Waals surface area contributed by atoms with Gasteiger partial charge in [0.1, 0.15) is 11.5 Å². The number of nitrogens with zero attached hydrogens (tertiary/aromatic N) is 4. The Morgan fingerprint density at radius 2 is 1.91 bits per heavy atom. The molecule has 2 aromatic carbocycles. The second-order valence-electron chi connectivity index (χ2n) is 7.65. The maximum Gasteiger partial charge on any atom is 0.253 e. The van der Waals surface area contributed by atoms with Gasteiger partial charge >= 0.3 is 0 Å². The van der Waals surface area contributed by atoms with E-state index in [1.807, 2.05) is 36.4 Å². The number of carbonyl (C=O) groups is 1. The highest BCUT2D eigenvalue weighted by Gasteiger charge is 2.30. The SMILES string of the molecule is COc1ccc([C@@H]2CC(=O)c3cn4nc(SCc5ccccc5)nc4nc3C2)c(OC)c1. The number of ketones is 1. The van der Waals surface area contributed by atoms with Gasteiger partial charge < -0.3 is 9.47 Å². The highest BCUT2D eigenvalue weighted by molar-refractivity contribution is 7.98. The third-order valence-electron chi connectivity index (χ3n) is 5.65. The van der Waals surface area contributed by atoms with E-state index in [0.29, 0.717) is 35.1 Å². The molecule has 1 atom stereocenters. The molecule has 0 bridgehead atoms. The fourth-order valence-electron chi connectivity index (χ4n) is 4.02. The number of hydrogen-bond acceptors (Lipinski definition) is 7. The summed E-state index contributed by atoms with van der Waals surface area (Å²) in [6, 6.07) is 15.9. The summed E-state index contributed by atoms with van der Waals surface area (Å²) in [4.78, 5) is 22.2. The summed E-state index contributed by atoms with van der Waals surface area (Å²) in [5.41, 5.74) is 3.55. The standard InChI is InChI=1S/C24H22N4O3S/c1-30-17-8-9-18(22(12-17)31-2)16-10-20-19(21(29)11-16)13-28-23(25-20)26-24(27-28)32-14-15-6-4-3-5-7-15/h3-9,12-13,16H,10-11,14H2,1-2H3/t16-/m0/s1. The molecule has 0 unspecified atom stereocenters. The molecule has 7 nitrogen and oxygen atoms in total. The first-order valence-electron chi connectivity index (χ1n) is 10.3. The largest absolute Gasteiger partial charge is 0.497 e. The van der Waals surface area contributed by atoms with Crippen molar-refractivity contribution in [1.29, 1.82) is 0 Å². The molecule has 0 saturated carbocycles. The van der Waals surface area contributed by atoms with Crippen molar-refractivity contribution in [2.75, 3.05) is 14.2 Å². The van der Waals surface area contributed by atoms with Gasteiger partial charge in [0.15, 0.2) is 5.78 Å². The van der Waals surface area contributed by atoms with Crippen molar-refractivity contribution in [2.45, 2.75) is 29.7 Å². The van der Waals surface area contributed by atoms with Gasteiger partial charge in [0, 0.05) is 30.4 Å². The molecule has 5 rings (SSSR count). The Labute approximate surface area is 189 Å². The van der Waals surface area contributed by atoms with E-state index in [2.05, 4.69) is 22.2 Å². The number of aromatic nitrogens is 4. The first-order chi connectivity index (χ1) is 15.6. The van der Waals surface area contributed by atoms with Gasteiger partial charge in [-0.05, 0) is 23.6 Å². The van der Waals surface area contributed by atoms with Gasteiger partial charge in [0.05, 0.1) is 25.5 Å². The Balaban J connectivity index is 1.42. The van der Waals surface area contributed by atoms with E-state index in [1.54, 1.807) is 36.7 Å².